The molecule has 3 aromatic rings. The molecule has 208 valence electrons. The van der Waals surface area contributed by atoms with Gasteiger partial charge in [0.15, 0.2) is 5.54 Å². The number of allylic oxidation sites excluding steroid dienone is 1. The molecule has 0 aromatic heterocycles. The molecular weight excluding hydrogens is 486 g/mol. The monoisotopic (exact) mass is 532 g/mol. The zero-order valence-corrected chi connectivity index (χ0v) is 25.8. The van der Waals surface area contributed by atoms with Crippen molar-refractivity contribution in [3.05, 3.63) is 99.1 Å². The first-order chi connectivity index (χ1) is 18.7. The van der Waals surface area contributed by atoms with Crippen LogP contribution in [-0.4, -0.2) is 16.6 Å². The molecule has 3 heteroatoms. The Balaban J connectivity index is 1.59. The summed E-state index contributed by atoms with van der Waals surface area (Å²) >= 11 is 0. The van der Waals surface area contributed by atoms with E-state index in [4.69, 9.17) is 0 Å². The van der Waals surface area contributed by atoms with E-state index in [-0.39, 0.29) is 16.6 Å². The minimum absolute atomic E-state index is 0.0457. The molecule has 3 aliphatic heterocycles. The summed E-state index contributed by atoms with van der Waals surface area (Å²) in [5, 5.41) is 10.1. The molecule has 3 nitrogen and oxygen atoms in total. The van der Waals surface area contributed by atoms with Crippen molar-refractivity contribution >= 4 is 22.5 Å². The van der Waals surface area contributed by atoms with Crippen LogP contribution >= 0.6 is 0 Å². The molecule has 0 amide bonds. The second-order valence-corrected chi connectivity index (χ2v) is 14.6. The fourth-order valence-corrected chi connectivity index (χ4v) is 7.70. The Bertz CT molecular complexity index is 1590. The van der Waals surface area contributed by atoms with E-state index in [9.17, 15) is 0 Å². The van der Waals surface area contributed by atoms with Gasteiger partial charge in [0.2, 0.25) is 5.36 Å². The minimum Gasteiger partial charge on any atom is -0.380 e. The van der Waals surface area contributed by atoms with Gasteiger partial charge in [-0.3, -0.25) is 0 Å². The molecule has 0 radical (unpaired) electrons. The third kappa shape index (κ3) is 4.89. The first-order valence-corrected chi connectivity index (χ1v) is 15.0. The summed E-state index contributed by atoms with van der Waals surface area (Å²) < 4.78 is 0. The highest BCUT2D eigenvalue weighted by Crippen LogP contribution is 2.42. The van der Waals surface area contributed by atoms with E-state index >= 15 is 0 Å². The van der Waals surface area contributed by atoms with Crippen LogP contribution < -0.4 is 26.2 Å². The van der Waals surface area contributed by atoms with Gasteiger partial charge >= 0.3 is 0 Å². The zero-order valence-electron chi connectivity index (χ0n) is 25.8. The van der Waals surface area contributed by atoms with E-state index in [1.807, 2.05) is 0 Å². The topological polar surface area (TPSA) is 38.0 Å². The molecule has 2 unspecified atom stereocenters. The first-order valence-electron chi connectivity index (χ1n) is 15.0. The van der Waals surface area contributed by atoms with Crippen LogP contribution in [0.5, 0.6) is 0 Å². The van der Waals surface area contributed by atoms with Gasteiger partial charge < -0.3 is 10.6 Å². The fraction of sp³-hybridized carbons (Fsp3) is 0.432. The average molecular weight is 533 g/mol. The van der Waals surface area contributed by atoms with Gasteiger partial charge in [-0.2, -0.15) is 0 Å². The Morgan fingerprint density at radius 2 is 1.25 bits per heavy atom. The number of rotatable bonds is 2. The highest BCUT2D eigenvalue weighted by Gasteiger charge is 2.31. The lowest BCUT2D eigenvalue weighted by Crippen LogP contribution is -2.89. The summed E-state index contributed by atoms with van der Waals surface area (Å²) in [4.78, 5) is 3.72. The number of anilines is 2. The molecule has 0 saturated carbocycles. The van der Waals surface area contributed by atoms with Crippen LogP contribution in [-0.2, 0) is 0 Å². The van der Waals surface area contributed by atoms with Crippen molar-refractivity contribution in [1.29, 1.82) is 0 Å². The summed E-state index contributed by atoms with van der Waals surface area (Å²) in [6.07, 6.45) is 4.60. The maximum absolute atomic E-state index is 3.79. The predicted octanol–water partition coefficient (Wildman–Crippen LogP) is 6.23. The molecule has 0 aliphatic carbocycles. The van der Waals surface area contributed by atoms with Gasteiger partial charge in [-0.25, -0.2) is 4.99 Å². The van der Waals surface area contributed by atoms with Gasteiger partial charge in [0.1, 0.15) is 0 Å². The highest BCUT2D eigenvalue weighted by molar-refractivity contribution is 5.83. The van der Waals surface area contributed by atoms with Crippen molar-refractivity contribution in [2.75, 3.05) is 10.6 Å². The first kappa shape index (κ1) is 26.9. The van der Waals surface area contributed by atoms with Gasteiger partial charge in [0.05, 0.1) is 0 Å². The summed E-state index contributed by atoms with van der Waals surface area (Å²) in [6, 6.07) is 21.1. The second kappa shape index (κ2) is 9.09. The summed E-state index contributed by atoms with van der Waals surface area (Å²) in [5.41, 5.74) is 12.1. The van der Waals surface area contributed by atoms with E-state index in [0.29, 0.717) is 11.8 Å². The molecule has 6 rings (SSSR count). The molecule has 3 heterocycles. The van der Waals surface area contributed by atoms with Crippen molar-refractivity contribution < 1.29 is 4.99 Å². The van der Waals surface area contributed by atoms with Crippen molar-refractivity contribution in [1.82, 2.24) is 0 Å². The van der Waals surface area contributed by atoms with E-state index in [1.165, 1.54) is 60.9 Å². The van der Waals surface area contributed by atoms with Gasteiger partial charge in [-0.05, 0) is 140 Å². The van der Waals surface area contributed by atoms with Gasteiger partial charge in [0.25, 0.3) is 0 Å². The number of benzene rings is 3. The quantitative estimate of drug-likeness (QED) is 0.366. The third-order valence-electron chi connectivity index (χ3n) is 9.09. The maximum atomic E-state index is 3.79. The van der Waals surface area contributed by atoms with Crippen molar-refractivity contribution in [3.63, 3.8) is 0 Å². The Hall–Kier alpha value is -3.33. The summed E-state index contributed by atoms with van der Waals surface area (Å²) in [7, 11) is 0. The second-order valence-electron chi connectivity index (χ2n) is 14.6. The number of nitrogens with one attached hydrogen (secondary N) is 3. The number of hydrogen-bond donors (Lipinski definition) is 3. The van der Waals surface area contributed by atoms with E-state index < -0.39 is 0 Å². The van der Waals surface area contributed by atoms with Crippen molar-refractivity contribution in [3.8, 4) is 0 Å². The Morgan fingerprint density at radius 1 is 0.725 bits per heavy atom. The lowest BCUT2D eigenvalue weighted by molar-refractivity contribution is -0.568. The SMILES string of the molecule is CC1=CC(C)(C)[NH+]=c2ccc(=C(c3ccc4c(c3)C(C)CC(C)(C)N4)c3ccc4c(c3)C(C)CC(C)(C)N4)cc21. The Kier molecular flexibility index (Phi) is 6.11. The molecule has 3 aliphatic rings. The number of hydrogen-bond acceptors (Lipinski definition) is 2. The summed E-state index contributed by atoms with van der Waals surface area (Å²) in [5.74, 6) is 1.00. The molecule has 0 bridgehead atoms. The van der Waals surface area contributed by atoms with Crippen LogP contribution in [0.4, 0.5) is 11.4 Å². The van der Waals surface area contributed by atoms with Crippen molar-refractivity contribution in [2.24, 2.45) is 0 Å². The van der Waals surface area contributed by atoms with Crippen LogP contribution in [0.1, 0.15) is 115 Å². The Morgan fingerprint density at radius 3 is 1.77 bits per heavy atom. The largest absolute Gasteiger partial charge is 0.380 e. The Labute approximate surface area is 240 Å². The maximum Gasteiger partial charge on any atom is 0.206 e. The van der Waals surface area contributed by atoms with Gasteiger partial charge in [-0.15, -0.1) is 0 Å². The lowest BCUT2D eigenvalue weighted by atomic mass is 9.79. The van der Waals surface area contributed by atoms with E-state index in [1.54, 1.807) is 0 Å². The van der Waals surface area contributed by atoms with E-state index in [2.05, 4.69) is 139 Å². The average Bonchev–Trinajstić information content (AvgIpc) is 2.83. The van der Waals surface area contributed by atoms with Crippen molar-refractivity contribution in [2.45, 2.75) is 104 Å². The lowest BCUT2D eigenvalue weighted by Gasteiger charge is -2.38. The van der Waals surface area contributed by atoms with Gasteiger partial charge in [-0.1, -0.05) is 26.0 Å². The molecule has 0 saturated heterocycles. The molecule has 40 heavy (non-hydrogen) atoms. The zero-order chi connectivity index (χ0) is 28.6. The van der Waals surface area contributed by atoms with Crippen LogP contribution in [0.2, 0.25) is 0 Å². The smallest absolute Gasteiger partial charge is 0.206 e. The molecule has 0 fully saturated rings. The number of fused-ring (bicyclic) bond motifs is 3. The van der Waals surface area contributed by atoms with Gasteiger partial charge in [0, 0.05) is 47.9 Å². The fourth-order valence-electron chi connectivity index (χ4n) is 7.70. The predicted molar refractivity (Wildman–Crippen MR) is 169 cm³/mol. The highest BCUT2D eigenvalue weighted by atomic mass is 15.0. The normalized spacial score (nSPS) is 23.3. The van der Waals surface area contributed by atoms with Crippen LogP contribution in [0.15, 0.2) is 60.7 Å². The van der Waals surface area contributed by atoms with E-state index in [0.717, 1.165) is 12.8 Å². The van der Waals surface area contributed by atoms with Crippen LogP contribution in [0.3, 0.4) is 0 Å². The molecule has 3 N–H and O–H groups in total. The minimum atomic E-state index is -0.0457. The van der Waals surface area contributed by atoms with Crippen LogP contribution in [0.25, 0.3) is 11.1 Å². The molecule has 3 aromatic carbocycles. The third-order valence-corrected chi connectivity index (χ3v) is 9.09. The standard InChI is InChI=1S/C37H45N3/c1-22-19-35(4,5)38-31-13-10-25(16-28(22)31)34(26-11-14-32-29(17-26)23(2)20-36(6,7)39-32)27-12-15-33-30(18-27)24(3)21-37(8,9)40-33/h10-19,23-24,39-40H,20-21H2,1-9H3/p+1. The molecule has 0 spiro atoms. The van der Waals surface area contributed by atoms with Crippen LogP contribution in [0, 0.1) is 0 Å². The molecule has 2 atom stereocenters. The molecular formula is C37H46N3+. The summed E-state index contributed by atoms with van der Waals surface area (Å²) in [6.45, 7) is 20.7.